The highest BCUT2D eigenvalue weighted by molar-refractivity contribution is 5.79. The quantitative estimate of drug-likeness (QED) is 0.408. The summed E-state index contributed by atoms with van der Waals surface area (Å²) in [5, 5.41) is 3.07. The van der Waals surface area contributed by atoms with E-state index in [2.05, 4.69) is 48.0 Å². The maximum Gasteiger partial charge on any atom is 0.258 e. The van der Waals surface area contributed by atoms with Crippen molar-refractivity contribution in [3.05, 3.63) is 94.3 Å². The lowest BCUT2D eigenvalue weighted by atomic mass is 10.1. The van der Waals surface area contributed by atoms with Crippen LogP contribution >= 0.6 is 0 Å². The molecule has 3 aromatic carbocycles. The molecule has 1 heterocycles. The zero-order chi connectivity index (χ0) is 23.5. The zero-order valence-corrected chi connectivity index (χ0v) is 20.0. The van der Waals surface area contributed by atoms with E-state index in [1.807, 2.05) is 57.2 Å². The number of fused-ring (bicyclic) bond motifs is 1. The normalized spacial score (nSPS) is 12.0. The van der Waals surface area contributed by atoms with Gasteiger partial charge in [0.25, 0.3) is 5.91 Å². The summed E-state index contributed by atoms with van der Waals surface area (Å²) in [6, 6.07) is 20.3. The third-order valence-corrected chi connectivity index (χ3v) is 5.98. The van der Waals surface area contributed by atoms with Crippen LogP contribution in [0.5, 0.6) is 5.75 Å². The SMILES string of the molecule is Cc1ccc(C)c(Cn2c(C(C)NC(=O)COc3cc(C)ccc3C)nc3ccccc32)c1. The topological polar surface area (TPSA) is 56.2 Å². The van der Waals surface area contributed by atoms with Crippen LogP contribution in [0.1, 0.15) is 46.6 Å². The Kier molecular flexibility index (Phi) is 6.50. The third kappa shape index (κ3) is 5.08. The summed E-state index contributed by atoms with van der Waals surface area (Å²) >= 11 is 0. The molecule has 0 radical (unpaired) electrons. The van der Waals surface area contributed by atoms with Gasteiger partial charge < -0.3 is 14.6 Å². The number of hydrogen-bond donors (Lipinski definition) is 1. The maximum absolute atomic E-state index is 12.7. The molecule has 4 rings (SSSR count). The van der Waals surface area contributed by atoms with Crippen molar-refractivity contribution in [2.45, 2.75) is 47.2 Å². The lowest BCUT2D eigenvalue weighted by Crippen LogP contribution is -2.32. The predicted molar refractivity (Wildman–Crippen MR) is 133 cm³/mol. The maximum atomic E-state index is 12.7. The smallest absolute Gasteiger partial charge is 0.258 e. The molecular weight excluding hydrogens is 410 g/mol. The molecule has 0 saturated heterocycles. The summed E-state index contributed by atoms with van der Waals surface area (Å²) < 4.78 is 7.99. The summed E-state index contributed by atoms with van der Waals surface area (Å²) in [5.74, 6) is 1.39. The number of aryl methyl sites for hydroxylation is 4. The molecule has 1 unspecified atom stereocenters. The minimum absolute atomic E-state index is 0.0359. The number of carbonyl (C=O) groups excluding carboxylic acids is 1. The van der Waals surface area contributed by atoms with E-state index >= 15 is 0 Å². The Hall–Kier alpha value is -3.60. The number of ether oxygens (including phenoxy) is 1. The highest BCUT2D eigenvalue weighted by atomic mass is 16.5. The third-order valence-electron chi connectivity index (χ3n) is 5.98. The van der Waals surface area contributed by atoms with Gasteiger partial charge in [-0.3, -0.25) is 4.79 Å². The van der Waals surface area contributed by atoms with Crippen LogP contribution in [0.4, 0.5) is 0 Å². The minimum Gasteiger partial charge on any atom is -0.483 e. The summed E-state index contributed by atoms with van der Waals surface area (Å²) in [6.07, 6.45) is 0. The molecule has 33 heavy (non-hydrogen) atoms. The molecule has 4 aromatic rings. The number of para-hydroxylation sites is 2. The molecule has 1 aromatic heterocycles. The van der Waals surface area contributed by atoms with Gasteiger partial charge in [0, 0.05) is 6.54 Å². The molecule has 0 aliphatic rings. The van der Waals surface area contributed by atoms with Gasteiger partial charge in [-0.25, -0.2) is 4.98 Å². The van der Waals surface area contributed by atoms with Crippen LogP contribution in [0.2, 0.25) is 0 Å². The van der Waals surface area contributed by atoms with E-state index in [1.54, 1.807) is 0 Å². The first-order valence-electron chi connectivity index (χ1n) is 11.3. The van der Waals surface area contributed by atoms with Gasteiger partial charge in [-0.1, -0.05) is 48.0 Å². The summed E-state index contributed by atoms with van der Waals surface area (Å²) in [7, 11) is 0. The zero-order valence-electron chi connectivity index (χ0n) is 20.0. The molecular formula is C28H31N3O2. The van der Waals surface area contributed by atoms with Crippen LogP contribution in [0.15, 0.2) is 60.7 Å². The Morgan fingerprint density at radius 2 is 1.67 bits per heavy atom. The van der Waals surface area contributed by atoms with E-state index in [-0.39, 0.29) is 18.6 Å². The second-order valence-corrected chi connectivity index (χ2v) is 8.82. The van der Waals surface area contributed by atoms with Crippen molar-refractivity contribution in [3.8, 4) is 5.75 Å². The van der Waals surface area contributed by atoms with Crippen molar-refractivity contribution in [3.63, 3.8) is 0 Å². The molecule has 0 spiro atoms. The van der Waals surface area contributed by atoms with E-state index in [0.29, 0.717) is 6.54 Å². The Labute approximate surface area is 195 Å². The van der Waals surface area contributed by atoms with Crippen LogP contribution < -0.4 is 10.1 Å². The Bertz CT molecular complexity index is 1310. The molecule has 5 heteroatoms. The van der Waals surface area contributed by atoms with Crippen molar-refractivity contribution in [1.82, 2.24) is 14.9 Å². The van der Waals surface area contributed by atoms with Gasteiger partial charge in [-0.2, -0.15) is 0 Å². The number of hydrogen-bond acceptors (Lipinski definition) is 3. The first kappa shape index (κ1) is 22.6. The molecule has 0 bridgehead atoms. The van der Waals surface area contributed by atoms with Gasteiger partial charge in [0.05, 0.1) is 17.1 Å². The molecule has 1 N–H and O–H groups in total. The van der Waals surface area contributed by atoms with Crippen LogP contribution in [0.3, 0.4) is 0 Å². The van der Waals surface area contributed by atoms with Crippen LogP contribution in [-0.4, -0.2) is 22.1 Å². The molecule has 170 valence electrons. The summed E-state index contributed by atoms with van der Waals surface area (Å²) in [5.41, 5.74) is 7.80. The second-order valence-electron chi connectivity index (χ2n) is 8.82. The number of amides is 1. The monoisotopic (exact) mass is 441 g/mol. The standard InChI is InChI=1S/C28H31N3O2/c1-18-10-12-20(3)23(14-18)16-31-25-9-7-6-8-24(25)30-28(31)22(5)29-27(32)17-33-26-15-19(2)11-13-21(26)4/h6-15,22H,16-17H2,1-5H3,(H,29,32). The molecule has 5 nitrogen and oxygen atoms in total. The average molecular weight is 442 g/mol. The highest BCUT2D eigenvalue weighted by Crippen LogP contribution is 2.24. The molecule has 1 amide bonds. The largest absolute Gasteiger partial charge is 0.483 e. The van der Waals surface area contributed by atoms with Crippen LogP contribution in [-0.2, 0) is 11.3 Å². The molecule has 1 atom stereocenters. The van der Waals surface area contributed by atoms with E-state index < -0.39 is 0 Å². The van der Waals surface area contributed by atoms with Crippen LogP contribution in [0.25, 0.3) is 11.0 Å². The van der Waals surface area contributed by atoms with E-state index in [4.69, 9.17) is 9.72 Å². The summed E-state index contributed by atoms with van der Waals surface area (Å²) in [6.45, 7) is 10.9. The molecule has 0 aliphatic carbocycles. The second kappa shape index (κ2) is 9.49. The van der Waals surface area contributed by atoms with Crippen molar-refractivity contribution >= 4 is 16.9 Å². The summed E-state index contributed by atoms with van der Waals surface area (Å²) in [4.78, 5) is 17.6. The number of nitrogens with one attached hydrogen (secondary N) is 1. The van der Waals surface area contributed by atoms with Gasteiger partial charge in [0.15, 0.2) is 6.61 Å². The average Bonchev–Trinajstić information content (AvgIpc) is 3.15. The fourth-order valence-electron chi connectivity index (χ4n) is 4.09. The van der Waals surface area contributed by atoms with E-state index in [0.717, 1.165) is 33.7 Å². The van der Waals surface area contributed by atoms with E-state index in [1.165, 1.54) is 16.7 Å². The van der Waals surface area contributed by atoms with Gasteiger partial charge in [0.1, 0.15) is 11.6 Å². The molecule has 0 fully saturated rings. The van der Waals surface area contributed by atoms with E-state index in [9.17, 15) is 4.79 Å². The Morgan fingerprint density at radius 3 is 2.45 bits per heavy atom. The highest BCUT2D eigenvalue weighted by Gasteiger charge is 2.19. The van der Waals surface area contributed by atoms with Gasteiger partial charge in [-0.15, -0.1) is 0 Å². The lowest BCUT2D eigenvalue weighted by Gasteiger charge is -2.18. The minimum atomic E-state index is -0.266. The number of imidazole rings is 1. The Balaban J connectivity index is 1.55. The molecule has 0 saturated carbocycles. The van der Waals surface area contributed by atoms with Gasteiger partial charge in [0.2, 0.25) is 0 Å². The number of carbonyl (C=O) groups is 1. The fraction of sp³-hybridized carbons (Fsp3) is 0.286. The lowest BCUT2D eigenvalue weighted by molar-refractivity contribution is -0.123. The number of nitrogens with zero attached hydrogens (tertiary/aromatic N) is 2. The van der Waals surface area contributed by atoms with Crippen molar-refractivity contribution < 1.29 is 9.53 Å². The molecule has 0 aliphatic heterocycles. The Morgan fingerprint density at radius 1 is 0.970 bits per heavy atom. The first-order valence-corrected chi connectivity index (χ1v) is 11.3. The van der Waals surface area contributed by atoms with Crippen molar-refractivity contribution in [2.24, 2.45) is 0 Å². The first-order chi connectivity index (χ1) is 15.8. The van der Waals surface area contributed by atoms with Gasteiger partial charge in [-0.05, 0) is 75.1 Å². The number of benzene rings is 3. The van der Waals surface area contributed by atoms with Crippen LogP contribution in [0, 0.1) is 27.7 Å². The van der Waals surface area contributed by atoms with Gasteiger partial charge >= 0.3 is 0 Å². The van der Waals surface area contributed by atoms with Crippen molar-refractivity contribution in [2.75, 3.05) is 6.61 Å². The van der Waals surface area contributed by atoms with Crippen molar-refractivity contribution in [1.29, 1.82) is 0 Å². The predicted octanol–water partition coefficient (Wildman–Crippen LogP) is 5.57. The number of rotatable bonds is 7. The fourth-order valence-corrected chi connectivity index (χ4v) is 4.09. The number of aromatic nitrogens is 2.